The summed E-state index contributed by atoms with van der Waals surface area (Å²) in [6.45, 7) is -1.04. The summed E-state index contributed by atoms with van der Waals surface area (Å²) in [6, 6.07) is 0. The molecule has 0 bridgehead atoms. The van der Waals surface area contributed by atoms with Gasteiger partial charge in [-0.2, -0.15) is 22.0 Å². The molecule has 0 aromatic rings. The second-order valence-electron chi connectivity index (χ2n) is 2.75. The maximum atomic E-state index is 12.4. The lowest BCUT2D eigenvalue weighted by atomic mass is 10.3. The van der Waals surface area contributed by atoms with Gasteiger partial charge >= 0.3 is 12.3 Å². The van der Waals surface area contributed by atoms with Gasteiger partial charge in [0.25, 0.3) is 6.17 Å². The van der Waals surface area contributed by atoms with Crippen LogP contribution in [0.5, 0.6) is 0 Å². The molecule has 0 saturated heterocycles. The smallest absolute Gasteiger partial charge is 0.396 e. The van der Waals surface area contributed by atoms with E-state index in [1.807, 2.05) is 0 Å². The van der Waals surface area contributed by atoms with Gasteiger partial charge in [-0.3, -0.25) is 0 Å². The predicted molar refractivity (Wildman–Crippen MR) is 38.2 cm³/mol. The number of aliphatic hydroxyl groups is 1. The molecule has 0 heterocycles. The van der Waals surface area contributed by atoms with Gasteiger partial charge in [-0.15, -0.1) is 0 Å². The summed E-state index contributed by atoms with van der Waals surface area (Å²) in [5.41, 5.74) is 0. The van der Waals surface area contributed by atoms with Crippen molar-refractivity contribution in [3.63, 3.8) is 0 Å². The van der Waals surface area contributed by atoms with Crippen molar-refractivity contribution in [3.05, 3.63) is 0 Å². The fourth-order valence-corrected chi connectivity index (χ4v) is 0.686. The first-order valence-corrected chi connectivity index (χ1v) is 4.05. The highest BCUT2D eigenvalue weighted by Crippen LogP contribution is 2.35. The van der Waals surface area contributed by atoms with Gasteiger partial charge in [0.15, 0.2) is 0 Å². The Morgan fingerprint density at radius 1 is 1.07 bits per heavy atom. The van der Waals surface area contributed by atoms with E-state index in [0.29, 0.717) is 0 Å². The molecule has 0 amide bonds. The van der Waals surface area contributed by atoms with Gasteiger partial charge in [0.2, 0.25) is 0 Å². The van der Waals surface area contributed by atoms with Crippen molar-refractivity contribution in [2.24, 2.45) is 0 Å². The number of halogens is 6. The minimum absolute atomic E-state index is 0.0728. The number of aliphatic hydroxyl groups excluding tert-OH is 1. The topological polar surface area (TPSA) is 29.5 Å². The van der Waals surface area contributed by atoms with Crippen LogP contribution in [0.2, 0.25) is 0 Å². The Labute approximate surface area is 81.8 Å². The lowest BCUT2D eigenvalue weighted by Crippen LogP contribution is -2.43. The monoisotopic (exact) mass is 240 g/mol. The van der Waals surface area contributed by atoms with Gasteiger partial charge in [0, 0.05) is 6.61 Å². The Morgan fingerprint density at radius 2 is 1.60 bits per heavy atom. The highest BCUT2D eigenvalue weighted by atomic mass is 19.4. The fourth-order valence-electron chi connectivity index (χ4n) is 0.686. The summed E-state index contributed by atoms with van der Waals surface area (Å²) in [7, 11) is 0. The van der Waals surface area contributed by atoms with Crippen LogP contribution in [0.15, 0.2) is 0 Å². The van der Waals surface area contributed by atoms with Crippen LogP contribution in [0.4, 0.5) is 26.3 Å². The fraction of sp³-hybridized carbons (Fsp3) is 1.00. The molecule has 0 aliphatic heterocycles. The number of unbranched alkanes of at least 4 members (excludes halogenated alkanes) is 1. The van der Waals surface area contributed by atoms with E-state index >= 15 is 0 Å². The largest absolute Gasteiger partial charge is 0.428 e. The van der Waals surface area contributed by atoms with E-state index in [4.69, 9.17) is 5.11 Å². The molecule has 0 fully saturated rings. The third-order valence-electron chi connectivity index (χ3n) is 1.43. The Morgan fingerprint density at radius 3 is 2.00 bits per heavy atom. The van der Waals surface area contributed by atoms with Gasteiger partial charge in [-0.05, 0) is 12.8 Å². The van der Waals surface area contributed by atoms with E-state index in [1.54, 1.807) is 0 Å². The van der Waals surface area contributed by atoms with Crippen molar-refractivity contribution in [2.45, 2.75) is 31.3 Å². The molecule has 0 aliphatic rings. The zero-order valence-electron chi connectivity index (χ0n) is 7.53. The molecular formula is C7H10F6O2. The third-order valence-corrected chi connectivity index (χ3v) is 1.43. The molecular weight excluding hydrogens is 230 g/mol. The van der Waals surface area contributed by atoms with E-state index < -0.39 is 25.1 Å². The molecule has 1 unspecified atom stereocenters. The Balaban J connectivity index is 4.05. The van der Waals surface area contributed by atoms with Gasteiger partial charge in [-0.25, -0.2) is 4.39 Å². The van der Waals surface area contributed by atoms with Crippen molar-refractivity contribution in [2.75, 3.05) is 13.2 Å². The Kier molecular flexibility index (Phi) is 5.36. The second kappa shape index (κ2) is 5.55. The van der Waals surface area contributed by atoms with Gasteiger partial charge in [0.1, 0.15) is 0 Å². The Hall–Kier alpha value is -0.500. The van der Waals surface area contributed by atoms with Crippen LogP contribution in [0.25, 0.3) is 0 Å². The molecule has 0 spiro atoms. The number of hydrogen-bond donors (Lipinski definition) is 1. The van der Waals surface area contributed by atoms with Crippen LogP contribution in [-0.4, -0.2) is 36.8 Å². The zero-order valence-corrected chi connectivity index (χ0v) is 7.53. The van der Waals surface area contributed by atoms with E-state index in [9.17, 15) is 26.3 Å². The van der Waals surface area contributed by atoms with Gasteiger partial charge in [-0.1, -0.05) is 0 Å². The minimum Gasteiger partial charge on any atom is -0.396 e. The molecule has 8 heteroatoms. The highest BCUT2D eigenvalue weighted by Gasteiger charge is 2.58. The molecule has 1 N–H and O–H groups in total. The first-order valence-electron chi connectivity index (χ1n) is 4.05. The van der Waals surface area contributed by atoms with E-state index in [0.717, 1.165) is 0 Å². The van der Waals surface area contributed by atoms with Crippen molar-refractivity contribution in [1.82, 2.24) is 0 Å². The molecule has 0 aromatic heterocycles. The average molecular weight is 240 g/mol. The lowest BCUT2D eigenvalue weighted by Gasteiger charge is -2.22. The normalized spacial score (nSPS) is 15.4. The highest BCUT2D eigenvalue weighted by molar-refractivity contribution is 4.75. The molecule has 2 nitrogen and oxygen atoms in total. The Bertz CT molecular complexity index is 181. The van der Waals surface area contributed by atoms with Crippen molar-refractivity contribution in [1.29, 1.82) is 0 Å². The number of rotatable bonds is 6. The zero-order chi connectivity index (χ0) is 12.1. The molecule has 1 atom stereocenters. The average Bonchev–Trinajstić information content (AvgIpc) is 2.10. The summed E-state index contributed by atoms with van der Waals surface area (Å²) in [4.78, 5) is 0. The van der Waals surface area contributed by atoms with E-state index in [-0.39, 0.29) is 19.4 Å². The summed E-state index contributed by atoms with van der Waals surface area (Å²) < 4.78 is 75.0. The van der Waals surface area contributed by atoms with Crippen LogP contribution < -0.4 is 0 Å². The van der Waals surface area contributed by atoms with E-state index in [1.165, 1.54) is 0 Å². The lowest BCUT2D eigenvalue weighted by molar-refractivity contribution is -0.335. The minimum atomic E-state index is -5.65. The first kappa shape index (κ1) is 14.5. The second-order valence-corrected chi connectivity index (χ2v) is 2.75. The van der Waals surface area contributed by atoms with Crippen molar-refractivity contribution >= 4 is 0 Å². The van der Waals surface area contributed by atoms with E-state index in [2.05, 4.69) is 4.74 Å². The molecule has 0 aromatic carbocycles. The quantitative estimate of drug-likeness (QED) is 0.570. The summed E-state index contributed by atoms with van der Waals surface area (Å²) in [5.74, 6) is 0. The molecule has 15 heavy (non-hydrogen) atoms. The molecule has 0 radical (unpaired) electrons. The summed E-state index contributed by atoms with van der Waals surface area (Å²) >= 11 is 0. The molecule has 0 saturated carbocycles. The van der Waals surface area contributed by atoms with Crippen LogP contribution in [0.1, 0.15) is 12.8 Å². The SMILES string of the molecule is OCCCCOC(F)(F)C(F)C(F)(F)F. The number of alkyl halides is 6. The van der Waals surface area contributed by atoms with Crippen LogP contribution in [0.3, 0.4) is 0 Å². The molecule has 0 aliphatic carbocycles. The summed E-state index contributed by atoms with van der Waals surface area (Å²) in [5, 5.41) is 8.24. The third kappa shape index (κ3) is 5.22. The maximum Gasteiger partial charge on any atom is 0.428 e. The standard InChI is InChI=1S/C7H10F6O2/c8-5(6(9,10)11)7(12,13)15-4-2-1-3-14/h5,14H,1-4H2. The maximum absolute atomic E-state index is 12.4. The summed E-state index contributed by atoms with van der Waals surface area (Å²) in [6.07, 6.45) is -14.8. The predicted octanol–water partition coefficient (Wildman–Crippen LogP) is 2.27. The van der Waals surface area contributed by atoms with Crippen molar-refractivity contribution in [3.8, 4) is 0 Å². The van der Waals surface area contributed by atoms with Gasteiger partial charge in [0.05, 0.1) is 6.61 Å². The molecule has 0 rings (SSSR count). The number of ether oxygens (including phenoxy) is 1. The van der Waals surface area contributed by atoms with Crippen LogP contribution in [-0.2, 0) is 4.74 Å². The first-order chi connectivity index (χ1) is 6.72. The molecule has 92 valence electrons. The van der Waals surface area contributed by atoms with Crippen LogP contribution in [0, 0.1) is 0 Å². The van der Waals surface area contributed by atoms with Crippen molar-refractivity contribution < 1.29 is 36.2 Å². The van der Waals surface area contributed by atoms with Gasteiger partial charge < -0.3 is 9.84 Å². The number of hydrogen-bond acceptors (Lipinski definition) is 2. The van der Waals surface area contributed by atoms with Crippen LogP contribution >= 0.6 is 0 Å².